The standard InChI is InChI=1S/C21H34N4O/c1-24-15-5-8-20(16-24)25(2)21(26)17-9-11-19(12-10-17)23-14-4-7-18-6-3-13-22-18/h3,6,9-11,13,19-23,26H,4-5,7-8,12,14-16H2,1-2H3/t19-,20?,21?/m1/s1. The van der Waals surface area contributed by atoms with E-state index in [1.165, 1.54) is 25.1 Å². The maximum absolute atomic E-state index is 10.8. The zero-order chi connectivity index (χ0) is 18.4. The van der Waals surface area contributed by atoms with Gasteiger partial charge in [0.25, 0.3) is 0 Å². The fraction of sp³-hybridized carbons (Fsp3) is 0.619. The minimum absolute atomic E-state index is 0.376. The number of nitrogens with zero attached hydrogens (tertiary/aromatic N) is 2. The highest BCUT2D eigenvalue weighted by molar-refractivity contribution is 5.28. The molecule has 0 radical (unpaired) electrons. The van der Waals surface area contributed by atoms with E-state index in [0.717, 1.165) is 37.9 Å². The van der Waals surface area contributed by atoms with Crippen LogP contribution in [0.4, 0.5) is 0 Å². The molecular formula is C21H34N4O. The number of piperidine rings is 1. The molecule has 5 nitrogen and oxygen atoms in total. The molecule has 1 fully saturated rings. The molecule has 3 atom stereocenters. The summed E-state index contributed by atoms with van der Waals surface area (Å²) in [6, 6.07) is 4.99. The monoisotopic (exact) mass is 358 g/mol. The zero-order valence-corrected chi connectivity index (χ0v) is 16.2. The maximum Gasteiger partial charge on any atom is 0.133 e. The molecule has 1 aliphatic heterocycles. The third-order valence-corrected chi connectivity index (χ3v) is 5.68. The lowest BCUT2D eigenvalue weighted by atomic mass is 9.99. The first kappa shape index (κ1) is 19.4. The summed E-state index contributed by atoms with van der Waals surface area (Å²) in [4.78, 5) is 7.74. The number of aryl methyl sites for hydroxylation is 1. The number of aromatic amines is 1. The molecule has 0 bridgehead atoms. The van der Waals surface area contributed by atoms with Gasteiger partial charge in [-0.15, -0.1) is 0 Å². The summed E-state index contributed by atoms with van der Waals surface area (Å²) in [6.07, 6.45) is 13.5. The van der Waals surface area contributed by atoms with Gasteiger partial charge in [0.2, 0.25) is 0 Å². The molecule has 0 aromatic carbocycles. The van der Waals surface area contributed by atoms with Gasteiger partial charge in [0.05, 0.1) is 0 Å². The number of nitrogens with one attached hydrogen (secondary N) is 2. The first-order chi connectivity index (χ1) is 12.6. The van der Waals surface area contributed by atoms with Crippen molar-refractivity contribution in [3.8, 4) is 0 Å². The Kier molecular flexibility index (Phi) is 7.08. The number of likely N-dealkylation sites (tertiary alicyclic amines) is 1. The first-order valence-electron chi connectivity index (χ1n) is 9.96. The van der Waals surface area contributed by atoms with Crippen LogP contribution in [0.25, 0.3) is 0 Å². The van der Waals surface area contributed by atoms with Crippen LogP contribution >= 0.6 is 0 Å². The van der Waals surface area contributed by atoms with Crippen LogP contribution in [0.5, 0.6) is 0 Å². The average molecular weight is 359 g/mol. The Morgan fingerprint density at radius 2 is 2.35 bits per heavy atom. The van der Waals surface area contributed by atoms with Gasteiger partial charge in [-0.2, -0.15) is 0 Å². The molecule has 0 spiro atoms. The lowest BCUT2D eigenvalue weighted by molar-refractivity contribution is 0.00148. The van der Waals surface area contributed by atoms with Crippen molar-refractivity contribution in [3.63, 3.8) is 0 Å². The Bertz CT molecular complexity index is 595. The third kappa shape index (κ3) is 5.30. The molecule has 26 heavy (non-hydrogen) atoms. The summed E-state index contributed by atoms with van der Waals surface area (Å²) in [7, 11) is 4.21. The highest BCUT2D eigenvalue weighted by atomic mass is 16.3. The second-order valence-corrected chi connectivity index (χ2v) is 7.76. The molecule has 0 saturated carbocycles. The van der Waals surface area contributed by atoms with E-state index in [1.54, 1.807) is 0 Å². The van der Waals surface area contributed by atoms with Gasteiger partial charge in [0.1, 0.15) is 6.23 Å². The van der Waals surface area contributed by atoms with E-state index in [0.29, 0.717) is 12.1 Å². The third-order valence-electron chi connectivity index (χ3n) is 5.68. The predicted octanol–water partition coefficient (Wildman–Crippen LogP) is 2.14. The normalized spacial score (nSPS) is 25.5. The number of aromatic nitrogens is 1. The fourth-order valence-electron chi connectivity index (χ4n) is 3.98. The van der Waals surface area contributed by atoms with Gasteiger partial charge in [-0.25, -0.2) is 0 Å². The summed E-state index contributed by atoms with van der Waals surface area (Å²) in [5.74, 6) is 0. The molecule has 3 rings (SSSR count). The largest absolute Gasteiger partial charge is 0.374 e. The van der Waals surface area contributed by atoms with E-state index in [1.807, 2.05) is 19.3 Å². The number of likely N-dealkylation sites (N-methyl/N-ethyl adjacent to an activating group) is 2. The second-order valence-electron chi connectivity index (χ2n) is 7.76. The summed E-state index contributed by atoms with van der Waals surface area (Å²) in [6.45, 7) is 3.21. The van der Waals surface area contributed by atoms with Crippen molar-refractivity contribution >= 4 is 0 Å². The minimum Gasteiger partial charge on any atom is -0.374 e. The molecule has 1 saturated heterocycles. The maximum atomic E-state index is 10.8. The van der Waals surface area contributed by atoms with Gasteiger partial charge in [-0.1, -0.05) is 18.2 Å². The number of hydrogen-bond acceptors (Lipinski definition) is 4. The van der Waals surface area contributed by atoms with E-state index in [9.17, 15) is 5.11 Å². The van der Waals surface area contributed by atoms with E-state index in [-0.39, 0.29) is 0 Å². The molecule has 144 valence electrons. The van der Waals surface area contributed by atoms with Gasteiger partial charge in [0, 0.05) is 30.5 Å². The molecule has 5 heteroatoms. The molecule has 0 amide bonds. The second kappa shape index (κ2) is 9.51. The minimum atomic E-state index is -0.503. The van der Waals surface area contributed by atoms with Crippen LogP contribution in [0, 0.1) is 0 Å². The Morgan fingerprint density at radius 1 is 1.46 bits per heavy atom. The number of H-pyrrole nitrogens is 1. The van der Waals surface area contributed by atoms with E-state index in [4.69, 9.17) is 0 Å². The van der Waals surface area contributed by atoms with Crippen molar-refractivity contribution in [1.29, 1.82) is 0 Å². The Balaban J connectivity index is 1.40. The lowest BCUT2D eigenvalue weighted by Gasteiger charge is -2.38. The molecule has 2 heterocycles. The van der Waals surface area contributed by atoms with Crippen LogP contribution in [0.3, 0.4) is 0 Å². The SMILES string of the molecule is CN1CCCC(N(C)C(O)C2=CC[C@H](NCCCc3ccc[nH]3)C=C2)C1. The van der Waals surface area contributed by atoms with E-state index >= 15 is 0 Å². The van der Waals surface area contributed by atoms with Crippen molar-refractivity contribution in [1.82, 2.24) is 20.1 Å². The summed E-state index contributed by atoms with van der Waals surface area (Å²) in [5.41, 5.74) is 2.33. The summed E-state index contributed by atoms with van der Waals surface area (Å²) < 4.78 is 0. The van der Waals surface area contributed by atoms with Gasteiger partial charge in [0.15, 0.2) is 0 Å². The van der Waals surface area contributed by atoms with Gasteiger partial charge in [-0.3, -0.25) is 4.90 Å². The number of rotatable bonds is 8. The number of aliphatic hydroxyl groups is 1. The van der Waals surface area contributed by atoms with Gasteiger partial charge >= 0.3 is 0 Å². The van der Waals surface area contributed by atoms with Crippen LogP contribution < -0.4 is 5.32 Å². The van der Waals surface area contributed by atoms with E-state index in [2.05, 4.69) is 51.4 Å². The predicted molar refractivity (Wildman–Crippen MR) is 107 cm³/mol. The van der Waals surface area contributed by atoms with Crippen LogP contribution in [-0.4, -0.2) is 71.9 Å². The molecule has 2 aliphatic rings. The Labute approximate surface area is 157 Å². The van der Waals surface area contributed by atoms with Crippen LogP contribution in [0.15, 0.2) is 42.1 Å². The number of aliphatic hydroxyl groups excluding tert-OH is 1. The van der Waals surface area contributed by atoms with Crippen molar-refractivity contribution in [2.75, 3.05) is 33.7 Å². The first-order valence-corrected chi connectivity index (χ1v) is 9.96. The van der Waals surface area contributed by atoms with Crippen LogP contribution in [0.1, 0.15) is 31.4 Å². The zero-order valence-electron chi connectivity index (χ0n) is 16.2. The molecule has 1 aromatic heterocycles. The summed E-state index contributed by atoms with van der Waals surface area (Å²) >= 11 is 0. The highest BCUT2D eigenvalue weighted by Crippen LogP contribution is 2.21. The van der Waals surface area contributed by atoms with Gasteiger partial charge in [-0.05, 0) is 77.0 Å². The van der Waals surface area contributed by atoms with E-state index < -0.39 is 6.23 Å². The number of hydrogen-bond donors (Lipinski definition) is 3. The molecule has 1 aromatic rings. The molecule has 3 N–H and O–H groups in total. The Morgan fingerprint density at radius 3 is 3.04 bits per heavy atom. The topological polar surface area (TPSA) is 54.5 Å². The van der Waals surface area contributed by atoms with Crippen molar-refractivity contribution in [2.24, 2.45) is 0 Å². The lowest BCUT2D eigenvalue weighted by Crippen LogP contribution is -2.49. The van der Waals surface area contributed by atoms with Gasteiger partial charge < -0.3 is 20.3 Å². The fourth-order valence-corrected chi connectivity index (χ4v) is 3.98. The molecule has 2 unspecified atom stereocenters. The highest BCUT2D eigenvalue weighted by Gasteiger charge is 2.27. The van der Waals surface area contributed by atoms with Crippen molar-refractivity contribution < 1.29 is 5.11 Å². The van der Waals surface area contributed by atoms with Crippen molar-refractivity contribution in [2.45, 2.75) is 50.4 Å². The smallest absolute Gasteiger partial charge is 0.133 e. The quantitative estimate of drug-likeness (QED) is 0.492. The average Bonchev–Trinajstić information content (AvgIpc) is 3.18. The van der Waals surface area contributed by atoms with Crippen molar-refractivity contribution in [3.05, 3.63) is 47.8 Å². The summed E-state index contributed by atoms with van der Waals surface area (Å²) in [5, 5.41) is 14.3. The molecular weight excluding hydrogens is 324 g/mol. The Hall–Kier alpha value is -1.40. The molecule has 1 aliphatic carbocycles. The van der Waals surface area contributed by atoms with Crippen LogP contribution in [-0.2, 0) is 6.42 Å². The van der Waals surface area contributed by atoms with Crippen LogP contribution in [0.2, 0.25) is 0 Å².